The minimum Gasteiger partial charge on any atom is -0.369 e. The van der Waals surface area contributed by atoms with Gasteiger partial charge in [-0.25, -0.2) is 4.98 Å². The van der Waals surface area contributed by atoms with Gasteiger partial charge in [-0.3, -0.25) is 14.2 Å². The van der Waals surface area contributed by atoms with E-state index in [1.165, 1.54) is 11.8 Å². The second-order valence-electron chi connectivity index (χ2n) is 4.98. The number of nitrogens with two attached hydrogens (primary N) is 1. The smallest absolute Gasteiger partial charge is 0.265 e. The van der Waals surface area contributed by atoms with Crippen molar-refractivity contribution in [1.82, 2.24) is 9.55 Å². The zero-order chi connectivity index (χ0) is 16.2. The number of nitrogens with zero attached hydrogens (tertiary/aromatic N) is 2. The van der Waals surface area contributed by atoms with E-state index in [0.29, 0.717) is 22.5 Å². The van der Waals surface area contributed by atoms with Gasteiger partial charge in [0.25, 0.3) is 5.56 Å². The van der Waals surface area contributed by atoms with Crippen LogP contribution in [0.3, 0.4) is 0 Å². The van der Waals surface area contributed by atoms with Crippen molar-refractivity contribution in [3.63, 3.8) is 0 Å². The second kappa shape index (κ2) is 6.66. The molecule has 2 aromatic carbocycles. The van der Waals surface area contributed by atoms with Crippen molar-refractivity contribution in [3.05, 3.63) is 70.8 Å². The minimum atomic E-state index is -0.385. The summed E-state index contributed by atoms with van der Waals surface area (Å²) in [6.45, 7) is 0. The van der Waals surface area contributed by atoms with E-state index in [2.05, 4.69) is 4.98 Å². The molecule has 0 aliphatic heterocycles. The Bertz CT molecular complexity index is 907. The number of aromatic nitrogens is 2. The molecule has 0 aliphatic carbocycles. The fourth-order valence-corrected chi connectivity index (χ4v) is 3.04. The van der Waals surface area contributed by atoms with E-state index >= 15 is 0 Å². The molecule has 6 heteroatoms. The molecular weight excluding hydrogens is 310 g/mol. The Labute approximate surface area is 137 Å². The van der Waals surface area contributed by atoms with Crippen LogP contribution in [-0.2, 0) is 10.5 Å². The van der Waals surface area contributed by atoms with Crippen molar-refractivity contribution in [2.24, 2.45) is 5.73 Å². The van der Waals surface area contributed by atoms with Gasteiger partial charge in [0.15, 0.2) is 0 Å². The van der Waals surface area contributed by atoms with Crippen LogP contribution in [-0.4, -0.2) is 21.2 Å². The molecule has 3 rings (SSSR count). The monoisotopic (exact) mass is 325 g/mol. The maximum atomic E-state index is 12.9. The quantitative estimate of drug-likeness (QED) is 0.779. The van der Waals surface area contributed by atoms with Gasteiger partial charge in [0.05, 0.1) is 28.1 Å². The molecule has 116 valence electrons. The van der Waals surface area contributed by atoms with Gasteiger partial charge < -0.3 is 5.73 Å². The molecule has 5 nitrogen and oxygen atoms in total. The number of para-hydroxylation sites is 2. The van der Waals surface area contributed by atoms with Crippen molar-refractivity contribution in [2.45, 2.75) is 5.75 Å². The number of amides is 1. The molecule has 1 heterocycles. The van der Waals surface area contributed by atoms with Gasteiger partial charge in [-0.05, 0) is 24.3 Å². The first-order valence-corrected chi connectivity index (χ1v) is 8.24. The molecule has 0 atom stereocenters. The number of hydrogen-bond acceptors (Lipinski definition) is 4. The van der Waals surface area contributed by atoms with Crippen LogP contribution < -0.4 is 11.3 Å². The molecule has 1 amide bonds. The molecule has 3 aromatic rings. The van der Waals surface area contributed by atoms with Gasteiger partial charge in [0, 0.05) is 0 Å². The van der Waals surface area contributed by atoms with Crippen molar-refractivity contribution >= 4 is 28.6 Å². The molecule has 0 radical (unpaired) electrons. The van der Waals surface area contributed by atoms with Crippen LogP contribution in [0.4, 0.5) is 0 Å². The van der Waals surface area contributed by atoms with Crippen LogP contribution in [0.25, 0.3) is 16.6 Å². The molecular formula is C17H15N3O2S. The van der Waals surface area contributed by atoms with Crippen LogP contribution >= 0.6 is 11.8 Å². The van der Waals surface area contributed by atoms with Gasteiger partial charge in [-0.2, -0.15) is 0 Å². The fraction of sp³-hybridized carbons (Fsp3) is 0.118. The third kappa shape index (κ3) is 3.27. The van der Waals surface area contributed by atoms with E-state index in [9.17, 15) is 9.59 Å². The van der Waals surface area contributed by atoms with E-state index in [0.717, 1.165) is 5.69 Å². The van der Waals surface area contributed by atoms with Crippen LogP contribution in [0.15, 0.2) is 59.4 Å². The number of primary amides is 1. The number of carbonyl (C=O) groups is 1. The van der Waals surface area contributed by atoms with Gasteiger partial charge in [0.1, 0.15) is 5.82 Å². The molecule has 2 N–H and O–H groups in total. The maximum absolute atomic E-state index is 12.9. The molecule has 0 fully saturated rings. The standard InChI is InChI=1S/C17H15N3O2S/c18-15(21)10-23-11-16-19-14-9-5-4-8-13(14)17(22)20(16)12-6-2-1-3-7-12/h1-9H,10-11H2,(H2,18,21). The zero-order valence-corrected chi connectivity index (χ0v) is 13.1. The lowest BCUT2D eigenvalue weighted by molar-refractivity contribution is -0.115. The van der Waals surface area contributed by atoms with Crippen molar-refractivity contribution < 1.29 is 4.79 Å². The number of rotatable bonds is 5. The first-order valence-electron chi connectivity index (χ1n) is 7.09. The third-order valence-corrected chi connectivity index (χ3v) is 4.29. The molecule has 0 saturated heterocycles. The zero-order valence-electron chi connectivity index (χ0n) is 12.3. The molecule has 1 aromatic heterocycles. The predicted octanol–water partition coefficient (Wildman–Crippen LogP) is 2.10. The maximum Gasteiger partial charge on any atom is 0.265 e. The van der Waals surface area contributed by atoms with Crippen molar-refractivity contribution in [2.75, 3.05) is 5.75 Å². The highest BCUT2D eigenvalue weighted by atomic mass is 32.2. The second-order valence-corrected chi connectivity index (χ2v) is 5.97. The fourth-order valence-electron chi connectivity index (χ4n) is 2.36. The Balaban J connectivity index is 2.15. The van der Waals surface area contributed by atoms with Crippen LogP contribution in [0, 0.1) is 0 Å². The summed E-state index contributed by atoms with van der Waals surface area (Å²) in [5.74, 6) is 0.839. The van der Waals surface area contributed by atoms with Gasteiger partial charge in [-0.1, -0.05) is 30.3 Å². The number of hydrogen-bond donors (Lipinski definition) is 1. The molecule has 0 unspecified atom stereocenters. The lowest BCUT2D eigenvalue weighted by Gasteiger charge is -2.13. The van der Waals surface area contributed by atoms with Gasteiger partial charge in [0.2, 0.25) is 5.91 Å². The van der Waals surface area contributed by atoms with Crippen LogP contribution in [0.1, 0.15) is 5.82 Å². The normalized spacial score (nSPS) is 10.8. The summed E-state index contributed by atoms with van der Waals surface area (Å²) >= 11 is 1.34. The van der Waals surface area contributed by atoms with E-state index in [-0.39, 0.29) is 17.2 Å². The number of benzene rings is 2. The summed E-state index contributed by atoms with van der Waals surface area (Å²) in [6, 6.07) is 16.6. The lowest BCUT2D eigenvalue weighted by atomic mass is 10.2. The summed E-state index contributed by atoms with van der Waals surface area (Å²) in [4.78, 5) is 28.4. The lowest BCUT2D eigenvalue weighted by Crippen LogP contribution is -2.24. The number of fused-ring (bicyclic) bond motifs is 1. The van der Waals surface area contributed by atoms with Gasteiger partial charge in [-0.15, -0.1) is 11.8 Å². The summed E-state index contributed by atoms with van der Waals surface area (Å²) in [5.41, 5.74) is 6.47. The Morgan fingerprint density at radius 1 is 1.09 bits per heavy atom. The Kier molecular flexibility index (Phi) is 4.43. The van der Waals surface area contributed by atoms with Crippen molar-refractivity contribution in [1.29, 1.82) is 0 Å². The summed E-state index contributed by atoms with van der Waals surface area (Å²) in [7, 11) is 0. The van der Waals surface area contributed by atoms with E-state index < -0.39 is 0 Å². The number of carbonyl (C=O) groups excluding carboxylic acids is 1. The first kappa shape index (κ1) is 15.3. The largest absolute Gasteiger partial charge is 0.369 e. The minimum absolute atomic E-state index is 0.114. The molecule has 0 aliphatic rings. The third-order valence-electron chi connectivity index (χ3n) is 3.34. The average Bonchev–Trinajstić information content (AvgIpc) is 2.55. The molecule has 23 heavy (non-hydrogen) atoms. The van der Waals surface area contributed by atoms with E-state index in [4.69, 9.17) is 5.73 Å². The van der Waals surface area contributed by atoms with E-state index in [1.807, 2.05) is 48.5 Å². The van der Waals surface area contributed by atoms with E-state index in [1.54, 1.807) is 10.6 Å². The SMILES string of the molecule is NC(=O)CSCc1nc2ccccc2c(=O)n1-c1ccccc1. The Morgan fingerprint density at radius 3 is 2.52 bits per heavy atom. The molecule has 0 spiro atoms. The summed E-state index contributed by atoms with van der Waals surface area (Å²) in [6.07, 6.45) is 0. The molecule has 0 saturated carbocycles. The summed E-state index contributed by atoms with van der Waals surface area (Å²) in [5, 5.41) is 0.569. The average molecular weight is 325 g/mol. The number of thioether (sulfide) groups is 1. The summed E-state index contributed by atoms with van der Waals surface area (Å²) < 4.78 is 1.59. The highest BCUT2D eigenvalue weighted by molar-refractivity contribution is 7.99. The Hall–Kier alpha value is -2.60. The Morgan fingerprint density at radius 2 is 1.78 bits per heavy atom. The van der Waals surface area contributed by atoms with Crippen LogP contribution in [0.5, 0.6) is 0 Å². The van der Waals surface area contributed by atoms with Gasteiger partial charge >= 0.3 is 0 Å². The highest BCUT2D eigenvalue weighted by Crippen LogP contribution is 2.16. The molecule has 0 bridgehead atoms. The van der Waals surface area contributed by atoms with Crippen molar-refractivity contribution in [3.8, 4) is 5.69 Å². The predicted molar refractivity (Wildman–Crippen MR) is 92.7 cm³/mol. The first-order chi connectivity index (χ1) is 11.2. The topological polar surface area (TPSA) is 78.0 Å². The highest BCUT2D eigenvalue weighted by Gasteiger charge is 2.12. The van der Waals surface area contributed by atoms with Crippen LogP contribution in [0.2, 0.25) is 0 Å².